The molecule has 0 aliphatic heterocycles. The molecule has 0 fully saturated rings. The molecule has 122 valence electrons. The van der Waals surface area contributed by atoms with Crippen LogP contribution in [0.1, 0.15) is 5.82 Å². The van der Waals surface area contributed by atoms with Crippen LogP contribution in [-0.4, -0.2) is 36.5 Å². The summed E-state index contributed by atoms with van der Waals surface area (Å²) in [4.78, 5) is 30.7. The molecular formula is C13H11N7O4. The Labute approximate surface area is 134 Å². The second kappa shape index (κ2) is 5.53. The zero-order valence-electron chi connectivity index (χ0n) is 12.7. The minimum absolute atomic E-state index is 0.0362. The van der Waals surface area contributed by atoms with Gasteiger partial charge in [0.1, 0.15) is 12.0 Å². The molecular weight excluding hydrogens is 318 g/mol. The maximum Gasteiger partial charge on any atom is 0.333 e. The number of nitrogens with zero attached hydrogens (tertiary/aromatic N) is 7. The lowest BCUT2D eigenvalue weighted by Gasteiger charge is -2.18. The van der Waals surface area contributed by atoms with Crippen molar-refractivity contribution >= 4 is 28.7 Å². The summed E-state index contributed by atoms with van der Waals surface area (Å²) in [6, 6.07) is 5.84. The third kappa shape index (κ3) is 2.47. The first-order valence-electron chi connectivity index (χ1n) is 6.73. The summed E-state index contributed by atoms with van der Waals surface area (Å²) in [6.07, 6.45) is 1.11. The summed E-state index contributed by atoms with van der Waals surface area (Å²) in [6.45, 7) is 1.61. The van der Waals surface area contributed by atoms with Gasteiger partial charge in [0, 0.05) is 24.9 Å². The molecule has 11 heteroatoms. The summed E-state index contributed by atoms with van der Waals surface area (Å²) < 4.78 is 1.26. The Bertz CT molecular complexity index is 951. The average molecular weight is 329 g/mol. The van der Waals surface area contributed by atoms with E-state index in [4.69, 9.17) is 0 Å². The molecule has 0 unspecified atom stereocenters. The number of benzene rings is 1. The predicted molar refractivity (Wildman–Crippen MR) is 83.3 cm³/mol. The lowest BCUT2D eigenvalue weighted by Crippen LogP contribution is -2.17. The lowest BCUT2D eigenvalue weighted by atomic mass is 10.2. The number of aryl methyl sites for hydroxylation is 1. The zero-order valence-corrected chi connectivity index (χ0v) is 12.7. The van der Waals surface area contributed by atoms with Crippen molar-refractivity contribution in [3.05, 3.63) is 56.5 Å². The topological polar surface area (TPSA) is 133 Å². The van der Waals surface area contributed by atoms with Gasteiger partial charge in [0.25, 0.3) is 5.69 Å². The highest BCUT2D eigenvalue weighted by molar-refractivity contribution is 5.65. The number of non-ortho nitro benzene ring substituents is 1. The summed E-state index contributed by atoms with van der Waals surface area (Å²) in [5.74, 6) is 0.648. The normalized spacial score (nSPS) is 10.8. The van der Waals surface area contributed by atoms with Crippen LogP contribution in [0, 0.1) is 27.2 Å². The summed E-state index contributed by atoms with van der Waals surface area (Å²) in [7, 11) is 1.68. The van der Waals surface area contributed by atoms with Crippen LogP contribution in [-0.2, 0) is 0 Å². The van der Waals surface area contributed by atoms with E-state index in [2.05, 4.69) is 15.1 Å². The molecule has 0 radical (unpaired) electrons. The largest absolute Gasteiger partial charge is 0.333 e. The van der Waals surface area contributed by atoms with E-state index in [1.807, 2.05) is 0 Å². The second-order valence-electron chi connectivity index (χ2n) is 4.93. The van der Waals surface area contributed by atoms with E-state index >= 15 is 0 Å². The molecule has 0 aliphatic carbocycles. The minimum Gasteiger partial charge on any atom is -0.313 e. The van der Waals surface area contributed by atoms with E-state index in [9.17, 15) is 20.2 Å². The van der Waals surface area contributed by atoms with Gasteiger partial charge in [-0.05, 0) is 19.1 Å². The summed E-state index contributed by atoms with van der Waals surface area (Å²) in [5.41, 5.74) is 0.430. The van der Waals surface area contributed by atoms with E-state index in [1.54, 1.807) is 31.0 Å². The average Bonchev–Trinajstić information content (AvgIpc) is 2.97. The van der Waals surface area contributed by atoms with Gasteiger partial charge in [0.05, 0.1) is 9.85 Å². The SMILES string of the molecule is Cc1nc(N(C)c2ccc([N+](=O)[O-])cc2)n2ncc([N+](=O)[O-])c2n1. The molecule has 0 aliphatic rings. The van der Waals surface area contributed by atoms with Gasteiger partial charge >= 0.3 is 5.69 Å². The Morgan fingerprint density at radius 2 is 1.75 bits per heavy atom. The van der Waals surface area contributed by atoms with Crippen LogP contribution in [0.4, 0.5) is 23.0 Å². The van der Waals surface area contributed by atoms with Gasteiger partial charge in [-0.1, -0.05) is 0 Å². The van der Waals surface area contributed by atoms with E-state index in [0.29, 0.717) is 17.5 Å². The molecule has 3 aromatic rings. The molecule has 0 amide bonds. The smallest absolute Gasteiger partial charge is 0.313 e. The van der Waals surface area contributed by atoms with Crippen molar-refractivity contribution in [2.24, 2.45) is 0 Å². The first-order chi connectivity index (χ1) is 11.4. The Balaban J connectivity index is 2.11. The molecule has 0 spiro atoms. The number of nitro groups is 2. The van der Waals surface area contributed by atoms with Crippen molar-refractivity contribution in [1.82, 2.24) is 19.6 Å². The maximum absolute atomic E-state index is 11.1. The van der Waals surface area contributed by atoms with Crippen molar-refractivity contribution in [2.75, 3.05) is 11.9 Å². The third-order valence-corrected chi connectivity index (χ3v) is 3.39. The lowest BCUT2D eigenvalue weighted by molar-refractivity contribution is -0.384. The number of hydrogen-bond donors (Lipinski definition) is 0. The molecule has 11 nitrogen and oxygen atoms in total. The fraction of sp³-hybridized carbons (Fsp3) is 0.154. The van der Waals surface area contributed by atoms with Gasteiger partial charge in [-0.3, -0.25) is 20.2 Å². The predicted octanol–water partition coefficient (Wildman–Crippen LogP) is 2.02. The molecule has 0 saturated heterocycles. The fourth-order valence-corrected chi connectivity index (χ4v) is 2.21. The van der Waals surface area contributed by atoms with Crippen LogP contribution in [0.15, 0.2) is 30.5 Å². The van der Waals surface area contributed by atoms with Crippen molar-refractivity contribution in [3.63, 3.8) is 0 Å². The number of nitro benzene ring substituents is 1. The van der Waals surface area contributed by atoms with Crippen LogP contribution in [0.2, 0.25) is 0 Å². The van der Waals surface area contributed by atoms with Gasteiger partial charge in [-0.25, -0.2) is 4.98 Å². The van der Waals surface area contributed by atoms with E-state index in [-0.39, 0.29) is 17.0 Å². The van der Waals surface area contributed by atoms with Crippen molar-refractivity contribution in [3.8, 4) is 0 Å². The zero-order chi connectivity index (χ0) is 17.4. The van der Waals surface area contributed by atoms with E-state index in [1.165, 1.54) is 16.6 Å². The van der Waals surface area contributed by atoms with Crippen LogP contribution < -0.4 is 4.90 Å². The Kier molecular flexibility index (Phi) is 3.52. The van der Waals surface area contributed by atoms with Gasteiger partial charge in [0.15, 0.2) is 0 Å². The molecule has 0 saturated carbocycles. The highest BCUT2D eigenvalue weighted by atomic mass is 16.6. The number of rotatable bonds is 4. The van der Waals surface area contributed by atoms with Gasteiger partial charge < -0.3 is 4.90 Å². The summed E-state index contributed by atoms with van der Waals surface area (Å²) >= 11 is 0. The number of aromatic nitrogens is 4. The molecule has 1 aromatic carbocycles. The molecule has 0 N–H and O–H groups in total. The molecule has 24 heavy (non-hydrogen) atoms. The standard InChI is InChI=1S/C13H11N7O4/c1-8-15-12-11(20(23)24)7-14-18(12)13(16-8)17(2)9-3-5-10(6-4-9)19(21)22/h3-7H,1-2H3. The van der Waals surface area contributed by atoms with Crippen LogP contribution in [0.25, 0.3) is 5.65 Å². The van der Waals surface area contributed by atoms with E-state index in [0.717, 1.165) is 6.20 Å². The quantitative estimate of drug-likeness (QED) is 0.524. The number of hydrogen-bond acceptors (Lipinski definition) is 8. The number of anilines is 2. The Morgan fingerprint density at radius 3 is 2.33 bits per heavy atom. The van der Waals surface area contributed by atoms with Crippen molar-refractivity contribution < 1.29 is 9.85 Å². The monoisotopic (exact) mass is 329 g/mol. The molecule has 0 atom stereocenters. The minimum atomic E-state index is -0.565. The first-order valence-corrected chi connectivity index (χ1v) is 6.73. The number of fused-ring (bicyclic) bond motifs is 1. The molecule has 2 aromatic heterocycles. The van der Waals surface area contributed by atoms with Crippen LogP contribution in [0.3, 0.4) is 0 Å². The van der Waals surface area contributed by atoms with Gasteiger partial charge in [-0.2, -0.15) is 14.6 Å². The van der Waals surface area contributed by atoms with E-state index < -0.39 is 9.85 Å². The highest BCUT2D eigenvalue weighted by Crippen LogP contribution is 2.26. The van der Waals surface area contributed by atoms with Crippen molar-refractivity contribution in [1.29, 1.82) is 0 Å². The van der Waals surface area contributed by atoms with Gasteiger partial charge in [-0.15, -0.1) is 0 Å². The molecule has 2 heterocycles. The Hall–Kier alpha value is -3.63. The Morgan fingerprint density at radius 1 is 1.08 bits per heavy atom. The highest BCUT2D eigenvalue weighted by Gasteiger charge is 2.22. The van der Waals surface area contributed by atoms with Crippen molar-refractivity contribution in [2.45, 2.75) is 6.92 Å². The van der Waals surface area contributed by atoms with Crippen LogP contribution in [0.5, 0.6) is 0 Å². The summed E-state index contributed by atoms with van der Waals surface area (Å²) in [5, 5.41) is 25.8. The van der Waals surface area contributed by atoms with Gasteiger partial charge in [0.2, 0.25) is 11.6 Å². The molecule has 3 rings (SSSR count). The van der Waals surface area contributed by atoms with Crippen LogP contribution >= 0.6 is 0 Å². The maximum atomic E-state index is 11.1. The molecule has 0 bridgehead atoms. The third-order valence-electron chi connectivity index (χ3n) is 3.39. The first kappa shape index (κ1) is 15.3. The fourth-order valence-electron chi connectivity index (χ4n) is 2.21. The second-order valence-corrected chi connectivity index (χ2v) is 4.93.